The second kappa shape index (κ2) is 7.74. The minimum atomic E-state index is -0.352. The molecule has 0 bridgehead atoms. The van der Waals surface area contributed by atoms with E-state index in [4.69, 9.17) is 18.6 Å². The van der Waals surface area contributed by atoms with Gasteiger partial charge in [-0.25, -0.2) is 9.37 Å². The number of halogens is 1. The molecule has 0 radical (unpaired) electrons. The van der Waals surface area contributed by atoms with Gasteiger partial charge in [0.2, 0.25) is 11.6 Å². The maximum Gasteiger partial charge on any atom is 0.226 e. The van der Waals surface area contributed by atoms with Gasteiger partial charge >= 0.3 is 0 Å². The highest BCUT2D eigenvalue weighted by Gasteiger charge is 2.15. The van der Waals surface area contributed by atoms with Crippen LogP contribution in [0.3, 0.4) is 0 Å². The van der Waals surface area contributed by atoms with Crippen molar-refractivity contribution in [3.8, 4) is 28.7 Å². The molecule has 26 heavy (non-hydrogen) atoms. The highest BCUT2D eigenvalue weighted by atomic mass is 19.1. The third kappa shape index (κ3) is 3.69. The minimum Gasteiger partial charge on any atom is -0.493 e. The average Bonchev–Trinajstić information content (AvgIpc) is 3.14. The number of benzene rings is 2. The smallest absolute Gasteiger partial charge is 0.226 e. The van der Waals surface area contributed by atoms with Crippen LogP contribution < -0.4 is 14.2 Å². The largest absolute Gasteiger partial charge is 0.493 e. The van der Waals surface area contributed by atoms with Crippen molar-refractivity contribution in [2.24, 2.45) is 0 Å². The topological polar surface area (TPSA) is 53.7 Å². The zero-order valence-corrected chi connectivity index (χ0v) is 14.5. The lowest BCUT2D eigenvalue weighted by Crippen LogP contribution is -2.01. The van der Waals surface area contributed by atoms with Crippen LogP contribution in [0.25, 0.3) is 17.5 Å². The second-order valence-corrected chi connectivity index (χ2v) is 5.40. The van der Waals surface area contributed by atoms with Gasteiger partial charge in [-0.2, -0.15) is 0 Å². The zero-order chi connectivity index (χ0) is 18.5. The van der Waals surface area contributed by atoms with Crippen molar-refractivity contribution in [2.45, 2.75) is 6.61 Å². The minimum absolute atomic E-state index is 0.138. The van der Waals surface area contributed by atoms with Gasteiger partial charge in [-0.05, 0) is 35.9 Å². The zero-order valence-electron chi connectivity index (χ0n) is 14.5. The first kappa shape index (κ1) is 17.5. The van der Waals surface area contributed by atoms with Crippen LogP contribution in [0.15, 0.2) is 53.7 Å². The number of aromatic nitrogens is 1. The molecular formula is C20H18FNO4. The molecule has 0 saturated carbocycles. The van der Waals surface area contributed by atoms with Crippen LogP contribution in [0.1, 0.15) is 11.3 Å². The molecule has 134 valence electrons. The summed E-state index contributed by atoms with van der Waals surface area (Å²) in [5, 5.41) is 0. The van der Waals surface area contributed by atoms with Crippen molar-refractivity contribution in [1.82, 2.24) is 4.98 Å². The van der Waals surface area contributed by atoms with Gasteiger partial charge in [0.05, 0.1) is 14.2 Å². The Morgan fingerprint density at radius 3 is 2.50 bits per heavy atom. The Morgan fingerprint density at radius 1 is 1.15 bits per heavy atom. The highest BCUT2D eigenvalue weighted by Crippen LogP contribution is 2.39. The second-order valence-electron chi connectivity index (χ2n) is 5.40. The summed E-state index contributed by atoms with van der Waals surface area (Å²) in [5.74, 6) is 1.47. The Bertz CT molecular complexity index is 895. The van der Waals surface area contributed by atoms with E-state index in [-0.39, 0.29) is 12.4 Å². The SMILES string of the molecule is C=Cc1cc(OC)c(OCc2coc(-c3cccc(F)c3)n2)c(OC)c1. The predicted octanol–water partition coefficient (Wildman–Crippen LogP) is 4.72. The molecule has 1 heterocycles. The summed E-state index contributed by atoms with van der Waals surface area (Å²) in [6.45, 7) is 3.88. The summed E-state index contributed by atoms with van der Waals surface area (Å²) in [6, 6.07) is 9.64. The molecule has 0 amide bonds. The van der Waals surface area contributed by atoms with Crippen LogP contribution in [-0.2, 0) is 6.61 Å². The first-order valence-electron chi connectivity index (χ1n) is 7.86. The summed E-state index contributed by atoms with van der Waals surface area (Å²) in [7, 11) is 3.10. The molecule has 3 rings (SSSR count). The number of hydrogen-bond acceptors (Lipinski definition) is 5. The fourth-order valence-electron chi connectivity index (χ4n) is 2.43. The maximum atomic E-state index is 13.3. The first-order chi connectivity index (χ1) is 12.6. The van der Waals surface area contributed by atoms with Crippen LogP contribution in [0.5, 0.6) is 17.2 Å². The number of ether oxygens (including phenoxy) is 3. The maximum absolute atomic E-state index is 13.3. The van der Waals surface area contributed by atoms with Crippen LogP contribution in [0.4, 0.5) is 4.39 Å². The van der Waals surface area contributed by atoms with Crippen molar-refractivity contribution in [3.05, 3.63) is 66.3 Å². The molecule has 2 aromatic carbocycles. The van der Waals surface area contributed by atoms with Gasteiger partial charge in [0, 0.05) is 5.56 Å². The molecule has 0 aliphatic rings. The van der Waals surface area contributed by atoms with Crippen LogP contribution in [0.2, 0.25) is 0 Å². The van der Waals surface area contributed by atoms with E-state index >= 15 is 0 Å². The summed E-state index contributed by atoms with van der Waals surface area (Å²) in [5.41, 5.74) is 1.96. The number of methoxy groups -OCH3 is 2. The van der Waals surface area contributed by atoms with E-state index in [9.17, 15) is 4.39 Å². The van der Waals surface area contributed by atoms with Gasteiger partial charge in [0.1, 0.15) is 24.4 Å². The molecule has 1 aromatic heterocycles. The molecule has 0 atom stereocenters. The Labute approximate surface area is 150 Å². The van der Waals surface area contributed by atoms with Crippen molar-refractivity contribution in [3.63, 3.8) is 0 Å². The third-order valence-electron chi connectivity index (χ3n) is 3.71. The molecular weight excluding hydrogens is 337 g/mol. The first-order valence-corrected chi connectivity index (χ1v) is 7.86. The van der Waals surface area contributed by atoms with E-state index in [0.717, 1.165) is 5.56 Å². The van der Waals surface area contributed by atoms with Crippen LogP contribution in [0, 0.1) is 5.82 Å². The molecule has 0 spiro atoms. The van der Waals surface area contributed by atoms with E-state index < -0.39 is 0 Å². The van der Waals surface area contributed by atoms with Gasteiger partial charge in [-0.1, -0.05) is 18.7 Å². The molecule has 0 aliphatic carbocycles. The average molecular weight is 355 g/mol. The summed E-state index contributed by atoms with van der Waals surface area (Å²) < 4.78 is 35.3. The molecule has 3 aromatic rings. The third-order valence-corrected chi connectivity index (χ3v) is 3.71. The monoisotopic (exact) mass is 355 g/mol. The van der Waals surface area contributed by atoms with Gasteiger partial charge in [-0.3, -0.25) is 0 Å². The van der Waals surface area contributed by atoms with E-state index in [1.807, 2.05) is 0 Å². The Kier molecular flexibility index (Phi) is 5.22. The highest BCUT2D eigenvalue weighted by molar-refractivity contribution is 5.61. The quantitative estimate of drug-likeness (QED) is 0.614. The molecule has 0 aliphatic heterocycles. The van der Waals surface area contributed by atoms with E-state index in [1.165, 1.54) is 18.4 Å². The van der Waals surface area contributed by atoms with Gasteiger partial charge < -0.3 is 18.6 Å². The van der Waals surface area contributed by atoms with Gasteiger partial charge in [0.25, 0.3) is 0 Å². The fraction of sp³-hybridized carbons (Fsp3) is 0.150. The summed E-state index contributed by atoms with van der Waals surface area (Å²) >= 11 is 0. The predicted molar refractivity (Wildman–Crippen MR) is 95.9 cm³/mol. The molecule has 5 nitrogen and oxygen atoms in total. The number of hydrogen-bond donors (Lipinski definition) is 0. The Balaban J connectivity index is 1.80. The Hall–Kier alpha value is -3.28. The molecule has 0 fully saturated rings. The van der Waals surface area contributed by atoms with Gasteiger partial charge in [-0.15, -0.1) is 0 Å². The standard InChI is InChI=1S/C20H18FNO4/c1-4-13-8-17(23-2)19(18(9-13)24-3)25-11-16-12-26-20(22-16)14-6-5-7-15(21)10-14/h4-10,12H,1,11H2,2-3H3. The van der Waals surface area contributed by atoms with E-state index in [2.05, 4.69) is 11.6 Å². The normalized spacial score (nSPS) is 10.4. The molecule has 0 saturated heterocycles. The van der Waals surface area contributed by atoms with Crippen molar-refractivity contribution < 1.29 is 23.0 Å². The lowest BCUT2D eigenvalue weighted by molar-refractivity contribution is 0.262. The van der Waals surface area contributed by atoms with Crippen molar-refractivity contribution in [2.75, 3.05) is 14.2 Å². The summed E-state index contributed by atoms with van der Waals surface area (Å²) in [6.07, 6.45) is 3.16. The molecule has 6 heteroatoms. The van der Waals surface area contributed by atoms with E-state index in [0.29, 0.717) is 34.4 Å². The lowest BCUT2D eigenvalue weighted by atomic mass is 10.2. The number of nitrogens with zero attached hydrogens (tertiary/aromatic N) is 1. The number of rotatable bonds is 7. The van der Waals surface area contributed by atoms with Gasteiger partial charge in [0.15, 0.2) is 11.5 Å². The molecule has 0 unspecified atom stereocenters. The lowest BCUT2D eigenvalue weighted by Gasteiger charge is -2.14. The number of oxazole rings is 1. The van der Waals surface area contributed by atoms with Crippen LogP contribution >= 0.6 is 0 Å². The molecule has 0 N–H and O–H groups in total. The summed E-state index contributed by atoms with van der Waals surface area (Å²) in [4.78, 5) is 4.33. The van der Waals surface area contributed by atoms with Crippen molar-refractivity contribution in [1.29, 1.82) is 0 Å². The van der Waals surface area contributed by atoms with E-state index in [1.54, 1.807) is 44.6 Å². The Morgan fingerprint density at radius 2 is 1.88 bits per heavy atom. The van der Waals surface area contributed by atoms with Crippen LogP contribution in [-0.4, -0.2) is 19.2 Å². The fourth-order valence-corrected chi connectivity index (χ4v) is 2.43. The van der Waals surface area contributed by atoms with Crippen molar-refractivity contribution >= 4 is 6.08 Å².